The van der Waals surface area contributed by atoms with Crippen LogP contribution in [0.3, 0.4) is 0 Å². The highest BCUT2D eigenvalue weighted by Gasteiger charge is 2.23. The summed E-state index contributed by atoms with van der Waals surface area (Å²) in [5, 5.41) is 7.55. The van der Waals surface area contributed by atoms with Gasteiger partial charge in [0.25, 0.3) is 0 Å². The van der Waals surface area contributed by atoms with Crippen LogP contribution in [0, 0.1) is 5.82 Å². The molecule has 1 aromatic carbocycles. The molecule has 1 aliphatic rings. The molecule has 0 bridgehead atoms. The predicted molar refractivity (Wildman–Crippen MR) is 99.7 cm³/mol. The lowest BCUT2D eigenvalue weighted by molar-refractivity contribution is 0.157. The van der Waals surface area contributed by atoms with Gasteiger partial charge in [0, 0.05) is 37.0 Å². The van der Waals surface area contributed by atoms with Gasteiger partial charge in [-0.1, -0.05) is 17.3 Å². The molecule has 0 amide bonds. The molecule has 1 atom stereocenters. The number of oxime groups is 1. The van der Waals surface area contributed by atoms with Gasteiger partial charge in [-0.2, -0.15) is 0 Å². The summed E-state index contributed by atoms with van der Waals surface area (Å²) in [6.07, 6.45) is 5.08. The highest BCUT2D eigenvalue weighted by atomic mass is 32.1. The van der Waals surface area contributed by atoms with Crippen molar-refractivity contribution in [1.29, 1.82) is 0 Å². The second kappa shape index (κ2) is 9.06. The number of halogens is 1. The van der Waals surface area contributed by atoms with E-state index in [1.807, 2.05) is 13.1 Å². The Kier molecular flexibility index (Phi) is 6.53. The number of thiazole rings is 1. The van der Waals surface area contributed by atoms with Crippen LogP contribution in [0.4, 0.5) is 4.39 Å². The van der Waals surface area contributed by atoms with E-state index >= 15 is 0 Å². The molecule has 0 saturated carbocycles. The van der Waals surface area contributed by atoms with Crippen molar-refractivity contribution in [3.63, 3.8) is 0 Å². The van der Waals surface area contributed by atoms with E-state index in [1.165, 1.54) is 30.0 Å². The smallest absolute Gasteiger partial charge is 0.123 e. The molecule has 1 aromatic heterocycles. The average molecular weight is 361 g/mol. The van der Waals surface area contributed by atoms with Gasteiger partial charge in [0.2, 0.25) is 0 Å². The van der Waals surface area contributed by atoms with Crippen LogP contribution in [0.25, 0.3) is 0 Å². The third-order valence-corrected chi connectivity index (χ3v) is 5.39. The Bertz CT molecular complexity index is 672. The largest absolute Gasteiger partial charge is 0.396 e. The van der Waals surface area contributed by atoms with Crippen molar-refractivity contribution in [2.45, 2.75) is 32.1 Å². The first-order valence-electron chi connectivity index (χ1n) is 8.82. The van der Waals surface area contributed by atoms with Crippen molar-refractivity contribution in [2.75, 3.05) is 26.2 Å². The van der Waals surface area contributed by atoms with Gasteiger partial charge in [0.05, 0.1) is 10.7 Å². The lowest BCUT2D eigenvalue weighted by atomic mass is 9.98. The first-order chi connectivity index (χ1) is 12.3. The molecule has 1 aliphatic heterocycles. The van der Waals surface area contributed by atoms with Gasteiger partial charge in [0.15, 0.2) is 0 Å². The summed E-state index contributed by atoms with van der Waals surface area (Å²) in [4.78, 5) is 12.2. The van der Waals surface area contributed by atoms with Gasteiger partial charge in [-0.15, -0.1) is 11.3 Å². The summed E-state index contributed by atoms with van der Waals surface area (Å²) in [6.45, 7) is 5.51. The minimum absolute atomic E-state index is 0.234. The van der Waals surface area contributed by atoms with E-state index in [-0.39, 0.29) is 5.82 Å². The summed E-state index contributed by atoms with van der Waals surface area (Å²) in [6, 6.07) is 6.47. The Morgan fingerprint density at radius 2 is 2.24 bits per heavy atom. The first-order valence-corrected chi connectivity index (χ1v) is 9.70. The van der Waals surface area contributed by atoms with E-state index < -0.39 is 0 Å². The zero-order valence-electron chi connectivity index (χ0n) is 14.5. The van der Waals surface area contributed by atoms with Gasteiger partial charge in [-0.25, -0.2) is 9.37 Å². The van der Waals surface area contributed by atoms with Crippen LogP contribution < -0.4 is 0 Å². The van der Waals surface area contributed by atoms with Crippen molar-refractivity contribution in [3.8, 4) is 0 Å². The Balaban J connectivity index is 1.61. The van der Waals surface area contributed by atoms with Crippen LogP contribution in [-0.4, -0.2) is 41.8 Å². The molecule has 1 fully saturated rings. The maximum absolute atomic E-state index is 13.2. The fraction of sp³-hybridized carbons (Fsp3) is 0.474. The number of rotatable bonds is 7. The van der Waals surface area contributed by atoms with Crippen molar-refractivity contribution in [3.05, 3.63) is 52.2 Å². The molecule has 2 heterocycles. The fourth-order valence-electron chi connectivity index (χ4n) is 3.19. The number of hydrogen-bond acceptors (Lipinski definition) is 5. The van der Waals surface area contributed by atoms with Crippen LogP contribution in [0.2, 0.25) is 0 Å². The molecule has 3 rings (SSSR count). The quantitative estimate of drug-likeness (QED) is 0.545. The summed E-state index contributed by atoms with van der Waals surface area (Å²) < 4.78 is 13.2. The highest BCUT2D eigenvalue weighted by Crippen LogP contribution is 2.28. The zero-order valence-corrected chi connectivity index (χ0v) is 15.3. The van der Waals surface area contributed by atoms with E-state index in [0.29, 0.717) is 12.5 Å². The van der Waals surface area contributed by atoms with Crippen LogP contribution in [0.5, 0.6) is 0 Å². The Hall–Kier alpha value is -1.79. The topological polar surface area (TPSA) is 37.7 Å². The third-order valence-electron chi connectivity index (χ3n) is 4.45. The highest BCUT2D eigenvalue weighted by molar-refractivity contribution is 7.09. The lowest BCUT2D eigenvalue weighted by Gasteiger charge is -2.31. The third kappa shape index (κ3) is 5.09. The number of piperidine rings is 1. The van der Waals surface area contributed by atoms with Crippen molar-refractivity contribution in [2.24, 2.45) is 5.16 Å². The van der Waals surface area contributed by atoms with Crippen LogP contribution in [-0.2, 0) is 4.84 Å². The van der Waals surface area contributed by atoms with E-state index in [4.69, 9.17) is 4.84 Å². The van der Waals surface area contributed by atoms with Crippen molar-refractivity contribution >= 4 is 17.0 Å². The fourth-order valence-corrected chi connectivity index (χ4v) is 3.96. The lowest BCUT2D eigenvalue weighted by Crippen LogP contribution is -2.35. The predicted octanol–water partition coefficient (Wildman–Crippen LogP) is 4.29. The van der Waals surface area contributed by atoms with Crippen molar-refractivity contribution in [1.82, 2.24) is 9.88 Å². The number of likely N-dealkylation sites (tertiary alicyclic amines) is 1. The van der Waals surface area contributed by atoms with Crippen molar-refractivity contribution < 1.29 is 9.23 Å². The molecule has 0 radical (unpaired) electrons. The molecule has 6 heteroatoms. The molecule has 0 N–H and O–H groups in total. The Morgan fingerprint density at radius 3 is 2.96 bits per heavy atom. The maximum Gasteiger partial charge on any atom is 0.123 e. The molecule has 0 spiro atoms. The Labute approximate surface area is 152 Å². The number of hydrogen-bond donors (Lipinski definition) is 0. The van der Waals surface area contributed by atoms with Gasteiger partial charge in [0.1, 0.15) is 12.4 Å². The SMILES string of the molecule is CCON=C(CCN1CCCC(c2nccs2)C1)c1ccc(F)cc1. The molecule has 1 saturated heterocycles. The van der Waals surface area contributed by atoms with Gasteiger partial charge < -0.3 is 9.74 Å². The number of nitrogens with zero attached hydrogens (tertiary/aromatic N) is 3. The second-order valence-corrected chi connectivity index (χ2v) is 7.15. The van der Waals surface area contributed by atoms with Crippen LogP contribution in [0.1, 0.15) is 42.7 Å². The average Bonchev–Trinajstić information content (AvgIpc) is 3.18. The monoisotopic (exact) mass is 361 g/mol. The summed E-state index contributed by atoms with van der Waals surface area (Å²) in [5.74, 6) is 0.300. The normalized spacial score (nSPS) is 19.1. The molecular formula is C19H24FN3OS. The first kappa shape index (κ1) is 18.0. The standard InChI is InChI=1S/C19H24FN3OS/c1-2-24-22-18(15-5-7-17(20)8-6-15)9-12-23-11-3-4-16(14-23)19-21-10-13-25-19/h5-8,10,13,16H,2-4,9,11-12,14H2,1H3. The molecule has 1 unspecified atom stereocenters. The Morgan fingerprint density at radius 1 is 1.40 bits per heavy atom. The number of benzene rings is 1. The zero-order chi connectivity index (χ0) is 17.5. The summed E-state index contributed by atoms with van der Waals surface area (Å²) in [7, 11) is 0. The second-order valence-electron chi connectivity index (χ2n) is 6.22. The minimum Gasteiger partial charge on any atom is -0.396 e. The van der Waals surface area contributed by atoms with Crippen LogP contribution >= 0.6 is 11.3 Å². The maximum atomic E-state index is 13.2. The summed E-state index contributed by atoms with van der Waals surface area (Å²) >= 11 is 1.75. The molecular weight excluding hydrogens is 337 g/mol. The van der Waals surface area contributed by atoms with Gasteiger partial charge in [-0.05, 0) is 44.0 Å². The van der Waals surface area contributed by atoms with Crippen LogP contribution in [0.15, 0.2) is 41.0 Å². The molecule has 2 aromatic rings. The van der Waals surface area contributed by atoms with E-state index in [9.17, 15) is 4.39 Å². The number of aromatic nitrogens is 1. The molecule has 134 valence electrons. The van der Waals surface area contributed by atoms with E-state index in [2.05, 4.69) is 20.4 Å². The van der Waals surface area contributed by atoms with Gasteiger partial charge >= 0.3 is 0 Å². The summed E-state index contributed by atoms with van der Waals surface area (Å²) in [5.41, 5.74) is 1.79. The molecule has 0 aliphatic carbocycles. The minimum atomic E-state index is -0.234. The molecule has 4 nitrogen and oxygen atoms in total. The van der Waals surface area contributed by atoms with E-state index in [0.717, 1.165) is 37.3 Å². The molecule has 25 heavy (non-hydrogen) atoms. The van der Waals surface area contributed by atoms with Gasteiger partial charge in [-0.3, -0.25) is 0 Å². The van der Waals surface area contributed by atoms with E-state index in [1.54, 1.807) is 23.5 Å².